The molecular weight excluding hydrogens is 505 g/mol. The van der Waals surface area contributed by atoms with Crippen molar-refractivity contribution in [2.45, 2.75) is 52.5 Å². The summed E-state index contributed by atoms with van der Waals surface area (Å²) in [6, 6.07) is 8.17. The van der Waals surface area contributed by atoms with Crippen molar-refractivity contribution < 1.29 is 4.39 Å². The number of piperazine rings is 1. The summed E-state index contributed by atoms with van der Waals surface area (Å²) in [4.78, 5) is 34.6. The molecule has 8 nitrogen and oxygen atoms in total. The Morgan fingerprint density at radius 2 is 1.76 bits per heavy atom. The van der Waals surface area contributed by atoms with Crippen LogP contribution in [0.1, 0.15) is 57.8 Å². The lowest BCUT2D eigenvalue weighted by atomic mass is 10.0. The number of hydrogen-bond acceptors (Lipinski definition) is 7. The number of anilines is 1. The van der Waals surface area contributed by atoms with Crippen molar-refractivity contribution in [2.24, 2.45) is 0 Å². The maximum absolute atomic E-state index is 14.9. The van der Waals surface area contributed by atoms with E-state index in [0.717, 1.165) is 13.1 Å². The van der Waals surface area contributed by atoms with Gasteiger partial charge in [-0.1, -0.05) is 51.4 Å². The number of halogens is 2. The van der Waals surface area contributed by atoms with Crippen LogP contribution in [-0.4, -0.2) is 50.2 Å². The number of rotatable bonds is 5. The standard InChI is InChI=1S/C28H31ClFN7O/c1-15(2)22-25(23(16(3)4)33-14-32-22)37-27-19(26(35-28(37)38)36-11-10-31-13-17(36)5)12-20(29)24(34-27)18-8-6-7-9-21(18)30/h6-9,12,14-17,31H,10-11,13H2,1-5H3/t17-/m0/s1. The second kappa shape index (κ2) is 10.4. The minimum atomic E-state index is -0.494. The van der Waals surface area contributed by atoms with Crippen molar-refractivity contribution in [3.05, 3.63) is 69.4 Å². The van der Waals surface area contributed by atoms with Gasteiger partial charge in [0, 0.05) is 31.2 Å². The second-order valence-electron chi connectivity index (χ2n) is 10.3. The summed E-state index contributed by atoms with van der Waals surface area (Å²) in [6.45, 7) is 12.3. The molecule has 1 aromatic carbocycles. The topological polar surface area (TPSA) is 88.8 Å². The highest BCUT2D eigenvalue weighted by atomic mass is 35.5. The van der Waals surface area contributed by atoms with Gasteiger partial charge in [0.1, 0.15) is 18.0 Å². The van der Waals surface area contributed by atoms with Gasteiger partial charge in [-0.15, -0.1) is 0 Å². The molecule has 0 unspecified atom stereocenters. The van der Waals surface area contributed by atoms with Gasteiger partial charge in [-0.2, -0.15) is 4.98 Å². The molecule has 0 saturated carbocycles. The molecule has 1 aliphatic heterocycles. The highest BCUT2D eigenvalue weighted by molar-refractivity contribution is 6.33. The van der Waals surface area contributed by atoms with Crippen LogP contribution in [0.5, 0.6) is 0 Å². The fourth-order valence-corrected chi connectivity index (χ4v) is 5.26. The molecule has 5 rings (SSSR count). The van der Waals surface area contributed by atoms with Crippen LogP contribution < -0.4 is 15.9 Å². The molecule has 4 aromatic rings. The average Bonchev–Trinajstić information content (AvgIpc) is 2.88. The summed E-state index contributed by atoms with van der Waals surface area (Å²) in [7, 11) is 0. The average molecular weight is 536 g/mol. The zero-order valence-corrected chi connectivity index (χ0v) is 22.9. The first-order valence-corrected chi connectivity index (χ1v) is 13.3. The molecule has 0 radical (unpaired) electrons. The lowest BCUT2D eigenvalue weighted by Crippen LogP contribution is -2.50. The van der Waals surface area contributed by atoms with Crippen LogP contribution in [-0.2, 0) is 0 Å². The van der Waals surface area contributed by atoms with Gasteiger partial charge in [-0.25, -0.2) is 28.7 Å². The lowest BCUT2D eigenvalue weighted by molar-refractivity contribution is 0.497. The minimum Gasteiger partial charge on any atom is -0.351 e. The van der Waals surface area contributed by atoms with Crippen LogP contribution in [0.3, 0.4) is 0 Å². The van der Waals surface area contributed by atoms with Crippen molar-refractivity contribution in [3.8, 4) is 16.9 Å². The number of fused-ring (bicyclic) bond motifs is 1. The zero-order valence-electron chi connectivity index (χ0n) is 22.2. The Hall–Kier alpha value is -3.43. The van der Waals surface area contributed by atoms with E-state index in [0.29, 0.717) is 40.5 Å². The Morgan fingerprint density at radius 3 is 2.39 bits per heavy atom. The Labute approximate surface area is 225 Å². The SMILES string of the molecule is CC(C)c1ncnc(C(C)C)c1-n1c(=O)nc(N2CCNC[C@@H]2C)c2cc(Cl)c(-c3ccccc3F)nc21. The number of aromatic nitrogens is 5. The first-order chi connectivity index (χ1) is 18.2. The Bertz CT molecular complexity index is 1540. The zero-order chi connectivity index (χ0) is 27.1. The third kappa shape index (κ3) is 4.54. The first kappa shape index (κ1) is 26.2. The molecule has 0 bridgehead atoms. The molecule has 1 aliphatic rings. The summed E-state index contributed by atoms with van der Waals surface area (Å²) >= 11 is 6.76. The summed E-state index contributed by atoms with van der Waals surface area (Å²) in [5.74, 6) is 0.0602. The first-order valence-electron chi connectivity index (χ1n) is 12.9. The van der Waals surface area contributed by atoms with E-state index in [1.54, 1.807) is 24.3 Å². The van der Waals surface area contributed by atoms with E-state index < -0.39 is 11.5 Å². The normalized spacial score (nSPS) is 16.1. The van der Waals surface area contributed by atoms with E-state index in [4.69, 9.17) is 16.6 Å². The molecule has 1 atom stereocenters. The van der Waals surface area contributed by atoms with Crippen molar-refractivity contribution >= 4 is 28.5 Å². The van der Waals surface area contributed by atoms with Gasteiger partial charge in [0.05, 0.1) is 33.2 Å². The summed E-state index contributed by atoms with van der Waals surface area (Å²) in [5, 5.41) is 4.25. The van der Waals surface area contributed by atoms with E-state index >= 15 is 0 Å². The molecular formula is C28H31ClFN7O. The largest absolute Gasteiger partial charge is 0.355 e. The maximum atomic E-state index is 14.9. The predicted octanol–water partition coefficient (Wildman–Crippen LogP) is 5.08. The predicted molar refractivity (Wildman–Crippen MR) is 149 cm³/mol. The lowest BCUT2D eigenvalue weighted by Gasteiger charge is -2.35. The third-order valence-electron chi connectivity index (χ3n) is 6.90. The van der Waals surface area contributed by atoms with E-state index in [-0.39, 0.29) is 34.2 Å². The monoisotopic (exact) mass is 535 g/mol. The molecule has 0 spiro atoms. The molecule has 1 saturated heterocycles. The van der Waals surface area contributed by atoms with Crippen LogP contribution in [0.2, 0.25) is 5.02 Å². The van der Waals surface area contributed by atoms with E-state index in [1.807, 2.05) is 27.7 Å². The van der Waals surface area contributed by atoms with Crippen LogP contribution in [0.15, 0.2) is 41.5 Å². The summed E-state index contributed by atoms with van der Waals surface area (Å²) < 4.78 is 16.4. The van der Waals surface area contributed by atoms with Crippen molar-refractivity contribution in [1.82, 2.24) is 29.8 Å². The van der Waals surface area contributed by atoms with E-state index in [1.165, 1.54) is 17.0 Å². The molecule has 3 aromatic heterocycles. The quantitative estimate of drug-likeness (QED) is 0.381. The smallest absolute Gasteiger partial charge is 0.351 e. The molecule has 4 heterocycles. The van der Waals surface area contributed by atoms with Crippen molar-refractivity contribution in [1.29, 1.82) is 0 Å². The number of pyridine rings is 1. The number of nitrogens with zero attached hydrogens (tertiary/aromatic N) is 6. The summed E-state index contributed by atoms with van der Waals surface area (Å²) in [5.41, 5.74) is 2.34. The van der Waals surface area contributed by atoms with Gasteiger partial charge in [0.15, 0.2) is 5.65 Å². The van der Waals surface area contributed by atoms with E-state index in [9.17, 15) is 9.18 Å². The van der Waals surface area contributed by atoms with Crippen molar-refractivity contribution in [2.75, 3.05) is 24.5 Å². The third-order valence-corrected chi connectivity index (χ3v) is 7.19. The molecule has 198 valence electrons. The number of hydrogen-bond donors (Lipinski definition) is 1. The molecule has 1 N–H and O–H groups in total. The Kier molecular flexibility index (Phi) is 7.15. The van der Waals surface area contributed by atoms with Gasteiger partial charge in [-0.05, 0) is 37.0 Å². The summed E-state index contributed by atoms with van der Waals surface area (Å²) in [6.07, 6.45) is 1.53. The fourth-order valence-electron chi connectivity index (χ4n) is 5.00. The molecule has 0 amide bonds. The van der Waals surface area contributed by atoms with Crippen LogP contribution >= 0.6 is 11.6 Å². The van der Waals surface area contributed by atoms with Gasteiger partial charge >= 0.3 is 5.69 Å². The Morgan fingerprint density at radius 1 is 1.08 bits per heavy atom. The van der Waals surface area contributed by atoms with Gasteiger partial charge in [-0.3, -0.25) is 0 Å². The van der Waals surface area contributed by atoms with Crippen LogP contribution in [0.25, 0.3) is 28.0 Å². The van der Waals surface area contributed by atoms with Gasteiger partial charge in [0.25, 0.3) is 0 Å². The molecule has 10 heteroatoms. The highest BCUT2D eigenvalue weighted by Gasteiger charge is 2.28. The fraction of sp³-hybridized carbons (Fsp3) is 0.393. The Balaban J connectivity index is 1.93. The molecule has 38 heavy (non-hydrogen) atoms. The number of nitrogens with one attached hydrogen (secondary N) is 1. The second-order valence-corrected chi connectivity index (χ2v) is 10.7. The highest BCUT2D eigenvalue weighted by Crippen LogP contribution is 2.36. The van der Waals surface area contributed by atoms with Gasteiger partial charge in [0.2, 0.25) is 0 Å². The molecule has 0 aliphatic carbocycles. The van der Waals surface area contributed by atoms with Crippen molar-refractivity contribution in [3.63, 3.8) is 0 Å². The maximum Gasteiger partial charge on any atom is 0.355 e. The van der Waals surface area contributed by atoms with E-state index in [2.05, 4.69) is 32.1 Å². The van der Waals surface area contributed by atoms with Gasteiger partial charge < -0.3 is 10.2 Å². The minimum absolute atomic E-state index is 0.00124. The van der Waals surface area contributed by atoms with Crippen LogP contribution in [0.4, 0.5) is 10.2 Å². The molecule has 1 fully saturated rings. The van der Waals surface area contributed by atoms with Crippen LogP contribution in [0, 0.1) is 5.82 Å². The number of benzene rings is 1.